The number of aliphatic carboxylic acids is 1. The molecular formula is C14H21NO5. The van der Waals surface area contributed by atoms with Crippen LogP contribution >= 0.6 is 0 Å². The summed E-state index contributed by atoms with van der Waals surface area (Å²) in [6.07, 6.45) is 0.464. The second kappa shape index (κ2) is 6.47. The highest BCUT2D eigenvalue weighted by atomic mass is 16.4. The monoisotopic (exact) mass is 283 g/mol. The van der Waals surface area contributed by atoms with Gasteiger partial charge in [0, 0.05) is 24.2 Å². The van der Waals surface area contributed by atoms with Crippen LogP contribution < -0.4 is 0 Å². The van der Waals surface area contributed by atoms with Gasteiger partial charge in [0.1, 0.15) is 23.3 Å². The van der Waals surface area contributed by atoms with E-state index in [0.717, 1.165) is 12.1 Å². The minimum atomic E-state index is -0.945. The van der Waals surface area contributed by atoms with Crippen LogP contribution in [0.25, 0.3) is 0 Å². The van der Waals surface area contributed by atoms with Gasteiger partial charge < -0.3 is 20.4 Å². The van der Waals surface area contributed by atoms with E-state index in [1.165, 1.54) is 0 Å². The first-order valence-corrected chi connectivity index (χ1v) is 6.39. The minimum Gasteiger partial charge on any atom is -0.508 e. The summed E-state index contributed by atoms with van der Waals surface area (Å²) in [5.74, 6) is -1.51. The maximum Gasteiger partial charge on any atom is 0.320 e. The molecule has 1 aromatic rings. The highest BCUT2D eigenvalue weighted by Gasteiger charge is 2.25. The molecule has 0 radical (unpaired) electrons. The Hall–Kier alpha value is -1.95. The fourth-order valence-electron chi connectivity index (χ4n) is 2.06. The number of carboxylic acids is 1. The van der Waals surface area contributed by atoms with E-state index in [-0.39, 0.29) is 35.3 Å². The van der Waals surface area contributed by atoms with E-state index in [1.54, 1.807) is 11.9 Å². The summed E-state index contributed by atoms with van der Waals surface area (Å²) >= 11 is 0. The van der Waals surface area contributed by atoms with Crippen LogP contribution in [0.15, 0.2) is 12.1 Å². The molecule has 0 saturated heterocycles. The smallest absolute Gasteiger partial charge is 0.320 e. The first-order chi connectivity index (χ1) is 9.22. The highest BCUT2D eigenvalue weighted by molar-refractivity contribution is 5.73. The van der Waals surface area contributed by atoms with Gasteiger partial charge in [0.25, 0.3) is 0 Å². The molecule has 1 aromatic carbocycles. The molecule has 1 unspecified atom stereocenters. The molecule has 0 aliphatic rings. The third kappa shape index (κ3) is 4.03. The quantitative estimate of drug-likeness (QED) is 0.634. The summed E-state index contributed by atoms with van der Waals surface area (Å²) in [7, 11) is 1.62. The largest absolute Gasteiger partial charge is 0.508 e. The van der Waals surface area contributed by atoms with Gasteiger partial charge >= 0.3 is 5.97 Å². The van der Waals surface area contributed by atoms with Crippen molar-refractivity contribution in [1.29, 1.82) is 0 Å². The molecule has 112 valence electrons. The fraction of sp³-hybridized carbons (Fsp3) is 0.500. The van der Waals surface area contributed by atoms with Gasteiger partial charge in [-0.25, -0.2) is 0 Å². The number of hydrogen-bond donors (Lipinski definition) is 4. The third-order valence-corrected chi connectivity index (χ3v) is 3.11. The summed E-state index contributed by atoms with van der Waals surface area (Å²) in [5, 5.41) is 37.9. The van der Waals surface area contributed by atoms with Crippen molar-refractivity contribution >= 4 is 5.97 Å². The molecule has 0 bridgehead atoms. The molecule has 0 fully saturated rings. The molecule has 0 aliphatic carbocycles. The number of carbonyl (C=O) groups is 1. The van der Waals surface area contributed by atoms with Crippen molar-refractivity contribution < 1.29 is 25.2 Å². The summed E-state index contributed by atoms with van der Waals surface area (Å²) in [6.45, 7) is 3.93. The maximum atomic E-state index is 11.3. The highest BCUT2D eigenvalue weighted by Crippen LogP contribution is 2.33. The average Bonchev–Trinajstić information content (AvgIpc) is 2.29. The van der Waals surface area contributed by atoms with Crippen molar-refractivity contribution in [3.63, 3.8) is 0 Å². The van der Waals surface area contributed by atoms with Crippen LogP contribution in [-0.2, 0) is 11.3 Å². The van der Waals surface area contributed by atoms with Crippen molar-refractivity contribution in [2.75, 3.05) is 7.05 Å². The Kier molecular flexibility index (Phi) is 5.21. The number of carboxylic acid groups (broad SMARTS) is 1. The lowest BCUT2D eigenvalue weighted by atomic mass is 10.0. The Bertz CT molecular complexity index is 463. The molecule has 1 atom stereocenters. The van der Waals surface area contributed by atoms with Gasteiger partial charge in [0.2, 0.25) is 0 Å². The molecule has 1 rings (SSSR count). The first kappa shape index (κ1) is 16.1. The second-order valence-electron chi connectivity index (χ2n) is 5.36. The zero-order valence-corrected chi connectivity index (χ0v) is 11.9. The predicted molar refractivity (Wildman–Crippen MR) is 73.8 cm³/mol. The summed E-state index contributed by atoms with van der Waals surface area (Å²) in [6, 6.07) is 1.52. The number of phenolic OH excluding ortho intramolecular Hbond substituents is 3. The van der Waals surface area contributed by atoms with Gasteiger partial charge in [-0.15, -0.1) is 0 Å². The Morgan fingerprint density at radius 3 is 2.10 bits per heavy atom. The molecule has 0 aliphatic heterocycles. The van der Waals surface area contributed by atoms with Crippen LogP contribution in [0, 0.1) is 5.92 Å². The zero-order chi connectivity index (χ0) is 15.4. The number of phenols is 3. The molecule has 0 aromatic heterocycles. The summed E-state index contributed by atoms with van der Waals surface area (Å²) < 4.78 is 0. The predicted octanol–water partition coefficient (Wildman–Crippen LogP) is 1.73. The normalized spacial score (nSPS) is 12.8. The number of likely N-dealkylation sites (N-methyl/N-ethyl adjacent to an activating group) is 1. The Morgan fingerprint density at radius 2 is 1.70 bits per heavy atom. The molecule has 20 heavy (non-hydrogen) atoms. The van der Waals surface area contributed by atoms with Crippen LogP contribution in [-0.4, -0.2) is 44.4 Å². The summed E-state index contributed by atoms with van der Waals surface area (Å²) in [5.41, 5.74) is 0.195. The molecule has 4 N–H and O–H groups in total. The Labute approximate surface area is 117 Å². The first-order valence-electron chi connectivity index (χ1n) is 6.39. The van der Waals surface area contributed by atoms with Crippen molar-refractivity contribution in [2.24, 2.45) is 5.92 Å². The van der Waals surface area contributed by atoms with E-state index in [4.69, 9.17) is 0 Å². The van der Waals surface area contributed by atoms with Crippen molar-refractivity contribution in [3.8, 4) is 17.2 Å². The number of hydrogen-bond acceptors (Lipinski definition) is 5. The third-order valence-electron chi connectivity index (χ3n) is 3.11. The minimum absolute atomic E-state index is 0.0711. The van der Waals surface area contributed by atoms with Gasteiger partial charge in [-0.3, -0.25) is 9.69 Å². The van der Waals surface area contributed by atoms with Gasteiger partial charge in [-0.05, 0) is 19.4 Å². The Morgan fingerprint density at radius 1 is 1.20 bits per heavy atom. The lowest BCUT2D eigenvalue weighted by Gasteiger charge is -2.26. The van der Waals surface area contributed by atoms with Crippen LogP contribution in [0.5, 0.6) is 17.2 Å². The van der Waals surface area contributed by atoms with Crippen LogP contribution in [0.4, 0.5) is 0 Å². The molecule has 0 saturated carbocycles. The van der Waals surface area contributed by atoms with Crippen molar-refractivity contribution in [1.82, 2.24) is 4.90 Å². The van der Waals surface area contributed by atoms with Crippen LogP contribution in [0.2, 0.25) is 0 Å². The van der Waals surface area contributed by atoms with Crippen LogP contribution in [0.3, 0.4) is 0 Å². The number of aromatic hydroxyl groups is 3. The number of rotatable bonds is 6. The van der Waals surface area contributed by atoms with Gasteiger partial charge in [0.15, 0.2) is 0 Å². The van der Waals surface area contributed by atoms with Crippen molar-refractivity contribution in [3.05, 3.63) is 17.7 Å². The van der Waals surface area contributed by atoms with E-state index in [0.29, 0.717) is 6.42 Å². The SMILES string of the molecule is CC(C)CC(C(=O)O)N(C)Cc1c(O)cc(O)cc1O. The standard InChI is InChI=1S/C14H21NO5/c1-8(2)4-11(14(19)20)15(3)7-10-12(17)5-9(16)6-13(10)18/h5-6,8,11,16-18H,4,7H2,1-3H3,(H,19,20). The van der Waals surface area contributed by atoms with Gasteiger partial charge in [0.05, 0.1) is 0 Å². The van der Waals surface area contributed by atoms with E-state index in [1.807, 2.05) is 13.8 Å². The Balaban J connectivity index is 2.93. The van der Waals surface area contributed by atoms with E-state index < -0.39 is 12.0 Å². The van der Waals surface area contributed by atoms with Crippen molar-refractivity contribution in [2.45, 2.75) is 32.9 Å². The second-order valence-corrected chi connectivity index (χ2v) is 5.36. The van der Waals surface area contributed by atoms with Crippen LogP contribution in [0.1, 0.15) is 25.8 Å². The molecule has 6 nitrogen and oxygen atoms in total. The lowest BCUT2D eigenvalue weighted by Crippen LogP contribution is -2.39. The fourth-order valence-corrected chi connectivity index (χ4v) is 2.06. The van der Waals surface area contributed by atoms with Gasteiger partial charge in [-0.2, -0.15) is 0 Å². The molecule has 0 amide bonds. The van der Waals surface area contributed by atoms with Gasteiger partial charge in [-0.1, -0.05) is 13.8 Å². The zero-order valence-electron chi connectivity index (χ0n) is 11.9. The van der Waals surface area contributed by atoms with E-state index in [2.05, 4.69) is 0 Å². The number of nitrogens with zero attached hydrogens (tertiary/aromatic N) is 1. The molecule has 6 heteroatoms. The maximum absolute atomic E-state index is 11.3. The average molecular weight is 283 g/mol. The number of benzene rings is 1. The molecule has 0 spiro atoms. The summed E-state index contributed by atoms with van der Waals surface area (Å²) in [4.78, 5) is 12.8. The van der Waals surface area contributed by atoms with E-state index in [9.17, 15) is 25.2 Å². The molecule has 0 heterocycles. The lowest BCUT2D eigenvalue weighted by molar-refractivity contribution is -0.143. The topological polar surface area (TPSA) is 101 Å². The van der Waals surface area contributed by atoms with E-state index >= 15 is 0 Å². The molecular weight excluding hydrogens is 262 g/mol.